The van der Waals surface area contributed by atoms with Crippen LogP contribution in [0.2, 0.25) is 0 Å². The van der Waals surface area contributed by atoms with Crippen LogP contribution in [-0.2, 0) is 17.9 Å². The highest BCUT2D eigenvalue weighted by Crippen LogP contribution is 2.50. The summed E-state index contributed by atoms with van der Waals surface area (Å²) >= 11 is 0. The highest BCUT2D eigenvalue weighted by molar-refractivity contribution is 5.70. The molecule has 196 valence electrons. The molecule has 0 aromatic heterocycles. The van der Waals surface area contributed by atoms with Gasteiger partial charge in [0.05, 0.1) is 6.04 Å². The molecule has 7 heteroatoms. The Balaban J connectivity index is 0.978. The Bertz CT molecular complexity index is 1320. The number of likely N-dealkylation sites (tertiary alicyclic amines) is 1. The Morgan fingerprint density at radius 1 is 0.842 bits per heavy atom. The van der Waals surface area contributed by atoms with E-state index in [0.717, 1.165) is 69.2 Å². The Hall–Kier alpha value is -3.71. The smallest absolute Gasteiger partial charge is 0.410 e. The minimum absolute atomic E-state index is 0.125. The summed E-state index contributed by atoms with van der Waals surface area (Å²) in [6.07, 6.45) is 1.80. The zero-order chi connectivity index (χ0) is 25.5. The molecular formula is C31H33N3O4. The molecule has 38 heavy (non-hydrogen) atoms. The Morgan fingerprint density at radius 2 is 1.68 bits per heavy atom. The molecule has 2 saturated heterocycles. The van der Waals surface area contributed by atoms with E-state index in [1.807, 2.05) is 41.3 Å². The van der Waals surface area contributed by atoms with E-state index < -0.39 is 0 Å². The SMILES string of the molecule is O=C(OCc1ccccc1)N1CCC2CC1c1ccc(N3CCN(Cc4ccc5c(c4)OCO5)CC3)cc12. The number of rotatable bonds is 5. The summed E-state index contributed by atoms with van der Waals surface area (Å²) in [6, 6.07) is 23.2. The molecule has 0 saturated carbocycles. The Kier molecular flexibility index (Phi) is 6.08. The lowest BCUT2D eigenvalue weighted by atomic mass is 9.95. The van der Waals surface area contributed by atoms with Gasteiger partial charge < -0.3 is 24.0 Å². The van der Waals surface area contributed by atoms with Gasteiger partial charge in [-0.2, -0.15) is 0 Å². The van der Waals surface area contributed by atoms with E-state index >= 15 is 0 Å². The first-order valence-electron chi connectivity index (χ1n) is 13.7. The molecule has 0 radical (unpaired) electrons. The normalized spacial score (nSPS) is 21.9. The van der Waals surface area contributed by atoms with Gasteiger partial charge in [0, 0.05) is 45.0 Å². The Labute approximate surface area is 223 Å². The zero-order valence-electron chi connectivity index (χ0n) is 21.6. The first-order valence-corrected chi connectivity index (χ1v) is 13.7. The van der Waals surface area contributed by atoms with Crippen LogP contribution in [0.3, 0.4) is 0 Å². The second kappa shape index (κ2) is 9.87. The van der Waals surface area contributed by atoms with Gasteiger partial charge in [-0.3, -0.25) is 4.90 Å². The summed E-state index contributed by atoms with van der Waals surface area (Å²) in [6.45, 7) is 6.39. The van der Waals surface area contributed by atoms with Crippen molar-refractivity contribution in [1.29, 1.82) is 0 Å². The van der Waals surface area contributed by atoms with E-state index in [4.69, 9.17) is 14.2 Å². The fourth-order valence-corrected chi connectivity index (χ4v) is 6.44. The van der Waals surface area contributed by atoms with E-state index in [9.17, 15) is 4.79 Å². The van der Waals surface area contributed by atoms with E-state index in [2.05, 4.69) is 40.1 Å². The summed E-state index contributed by atoms with van der Waals surface area (Å²) in [5, 5.41) is 0. The minimum Gasteiger partial charge on any atom is -0.454 e. The number of benzene rings is 3. The number of nitrogens with zero attached hydrogens (tertiary/aromatic N) is 3. The molecule has 3 heterocycles. The van der Waals surface area contributed by atoms with Gasteiger partial charge in [0.25, 0.3) is 0 Å². The lowest BCUT2D eigenvalue weighted by molar-refractivity contribution is 0.0694. The number of hydrogen-bond acceptors (Lipinski definition) is 6. The summed E-state index contributed by atoms with van der Waals surface area (Å²) in [5.74, 6) is 2.22. The predicted octanol–water partition coefficient (Wildman–Crippen LogP) is 5.31. The highest BCUT2D eigenvalue weighted by Gasteiger charge is 2.41. The molecule has 7 rings (SSSR count). The summed E-state index contributed by atoms with van der Waals surface area (Å²) < 4.78 is 16.7. The van der Waals surface area contributed by atoms with Crippen molar-refractivity contribution in [2.75, 3.05) is 44.4 Å². The van der Waals surface area contributed by atoms with Crippen molar-refractivity contribution in [3.63, 3.8) is 0 Å². The maximum atomic E-state index is 13.0. The number of piperidine rings is 1. The molecule has 3 aromatic carbocycles. The molecule has 4 aliphatic rings. The number of piperazine rings is 1. The zero-order valence-corrected chi connectivity index (χ0v) is 21.6. The molecule has 3 aromatic rings. The second-order valence-electron chi connectivity index (χ2n) is 10.7. The fraction of sp³-hybridized carbons (Fsp3) is 0.387. The van der Waals surface area contributed by atoms with Gasteiger partial charge in [-0.1, -0.05) is 42.5 Å². The van der Waals surface area contributed by atoms with Crippen LogP contribution < -0.4 is 14.4 Å². The summed E-state index contributed by atoms with van der Waals surface area (Å²) in [4.78, 5) is 19.9. The van der Waals surface area contributed by atoms with E-state index in [-0.39, 0.29) is 12.1 Å². The first kappa shape index (κ1) is 23.4. The topological polar surface area (TPSA) is 54.5 Å². The lowest BCUT2D eigenvalue weighted by Crippen LogP contribution is -2.46. The van der Waals surface area contributed by atoms with Crippen LogP contribution in [0.4, 0.5) is 10.5 Å². The van der Waals surface area contributed by atoms with Gasteiger partial charge in [0.2, 0.25) is 6.79 Å². The molecule has 2 fully saturated rings. The molecule has 2 atom stereocenters. The number of carbonyl (C=O) groups is 1. The summed E-state index contributed by atoms with van der Waals surface area (Å²) in [5.41, 5.74) is 6.31. The van der Waals surface area contributed by atoms with Gasteiger partial charge in [0.1, 0.15) is 6.61 Å². The molecule has 1 amide bonds. The van der Waals surface area contributed by atoms with Gasteiger partial charge >= 0.3 is 6.09 Å². The highest BCUT2D eigenvalue weighted by atomic mass is 16.7. The number of carbonyl (C=O) groups excluding carboxylic acids is 1. The van der Waals surface area contributed by atoms with Crippen LogP contribution >= 0.6 is 0 Å². The van der Waals surface area contributed by atoms with Crippen molar-refractivity contribution >= 4 is 11.8 Å². The quantitative estimate of drug-likeness (QED) is 0.463. The predicted molar refractivity (Wildman–Crippen MR) is 145 cm³/mol. The third kappa shape index (κ3) is 4.45. The maximum Gasteiger partial charge on any atom is 0.410 e. The van der Waals surface area contributed by atoms with Crippen LogP contribution in [0, 0.1) is 0 Å². The third-order valence-corrected chi connectivity index (χ3v) is 8.49. The number of amides is 1. The summed E-state index contributed by atoms with van der Waals surface area (Å²) in [7, 11) is 0. The van der Waals surface area contributed by atoms with E-state index in [1.165, 1.54) is 22.4 Å². The van der Waals surface area contributed by atoms with Crippen molar-refractivity contribution in [2.45, 2.75) is 38.0 Å². The minimum atomic E-state index is -0.201. The van der Waals surface area contributed by atoms with Crippen LogP contribution in [0.15, 0.2) is 66.7 Å². The van der Waals surface area contributed by atoms with Crippen molar-refractivity contribution in [2.24, 2.45) is 0 Å². The van der Waals surface area contributed by atoms with Crippen molar-refractivity contribution < 1.29 is 19.0 Å². The number of ether oxygens (including phenoxy) is 3. The van der Waals surface area contributed by atoms with E-state index in [0.29, 0.717) is 19.3 Å². The Morgan fingerprint density at radius 3 is 2.55 bits per heavy atom. The maximum absolute atomic E-state index is 13.0. The van der Waals surface area contributed by atoms with Crippen LogP contribution in [-0.4, -0.2) is 55.4 Å². The number of fused-ring (bicyclic) bond motifs is 6. The second-order valence-corrected chi connectivity index (χ2v) is 10.7. The van der Waals surface area contributed by atoms with Crippen molar-refractivity contribution in [3.8, 4) is 11.5 Å². The molecule has 2 bridgehead atoms. The molecule has 0 spiro atoms. The average molecular weight is 512 g/mol. The fourth-order valence-electron chi connectivity index (χ4n) is 6.44. The first-order chi connectivity index (χ1) is 18.7. The van der Waals surface area contributed by atoms with Gasteiger partial charge in [-0.05, 0) is 65.3 Å². The molecule has 7 nitrogen and oxygen atoms in total. The van der Waals surface area contributed by atoms with Gasteiger partial charge in [0.15, 0.2) is 11.5 Å². The van der Waals surface area contributed by atoms with Gasteiger partial charge in [-0.25, -0.2) is 4.79 Å². The molecule has 1 aliphatic carbocycles. The standard InChI is InChI=1S/C31H33N3O4/c35-31(36-20-22-4-2-1-3-5-22)34-11-10-24-17-28(34)26-8-7-25(18-27(24)26)33-14-12-32(13-15-33)19-23-6-9-29-30(16-23)38-21-37-29/h1-9,16,18,24,28H,10-15,17,19-21H2. The van der Waals surface area contributed by atoms with E-state index in [1.54, 1.807) is 0 Å². The molecular weight excluding hydrogens is 478 g/mol. The number of hydrogen-bond donors (Lipinski definition) is 0. The van der Waals surface area contributed by atoms with Crippen LogP contribution in [0.25, 0.3) is 0 Å². The van der Waals surface area contributed by atoms with Gasteiger partial charge in [-0.15, -0.1) is 0 Å². The average Bonchev–Trinajstić information content (AvgIpc) is 3.54. The number of anilines is 1. The lowest BCUT2D eigenvalue weighted by Gasteiger charge is -2.36. The monoisotopic (exact) mass is 511 g/mol. The van der Waals surface area contributed by atoms with Crippen LogP contribution in [0.5, 0.6) is 11.5 Å². The van der Waals surface area contributed by atoms with Crippen molar-refractivity contribution in [3.05, 3.63) is 89.0 Å². The molecule has 3 aliphatic heterocycles. The van der Waals surface area contributed by atoms with Crippen molar-refractivity contribution in [1.82, 2.24) is 9.80 Å². The van der Waals surface area contributed by atoms with Crippen LogP contribution in [0.1, 0.15) is 47.1 Å². The largest absolute Gasteiger partial charge is 0.454 e. The third-order valence-electron chi connectivity index (χ3n) is 8.49. The molecule has 0 N–H and O–H groups in total. The molecule has 2 unspecified atom stereocenters.